The van der Waals surface area contributed by atoms with Crippen molar-refractivity contribution in [3.63, 3.8) is 0 Å². The second kappa shape index (κ2) is 5.33. The molecule has 0 saturated carbocycles. The molecule has 1 heterocycles. The normalized spacial score (nSPS) is 10.1. The summed E-state index contributed by atoms with van der Waals surface area (Å²) in [5.41, 5.74) is 2.87. The summed E-state index contributed by atoms with van der Waals surface area (Å²) < 4.78 is 6.35. The highest BCUT2D eigenvalue weighted by atomic mass is 16.5. The van der Waals surface area contributed by atoms with E-state index in [9.17, 15) is 4.79 Å². The number of para-hydroxylation sites is 1. The highest BCUT2D eigenvalue weighted by Gasteiger charge is 2.17. The van der Waals surface area contributed by atoms with Gasteiger partial charge in [0.2, 0.25) is 0 Å². The average Bonchev–Trinajstić information content (AvgIpc) is 2.84. The van der Waals surface area contributed by atoms with Crippen LogP contribution in [0.1, 0.15) is 17.4 Å². The predicted molar refractivity (Wildman–Crippen MR) is 64.9 cm³/mol. The summed E-state index contributed by atoms with van der Waals surface area (Å²) in [5.74, 6) is -0.308. The molecule has 0 fully saturated rings. The van der Waals surface area contributed by atoms with Crippen LogP contribution in [0.4, 0.5) is 5.82 Å². The van der Waals surface area contributed by atoms with Gasteiger partial charge in [0, 0.05) is 6.07 Å². The molecule has 6 nitrogen and oxygen atoms in total. The third-order valence-corrected chi connectivity index (χ3v) is 2.31. The topological polar surface area (TPSA) is 76.4 Å². The zero-order valence-corrected chi connectivity index (χ0v) is 9.83. The molecule has 2 N–H and O–H groups in total. The fourth-order valence-electron chi connectivity index (χ4n) is 1.55. The van der Waals surface area contributed by atoms with E-state index in [1.54, 1.807) is 19.1 Å². The molecule has 0 amide bonds. The minimum Gasteiger partial charge on any atom is -0.461 e. The molecule has 2 aromatic rings. The summed E-state index contributed by atoms with van der Waals surface area (Å²) in [6, 6.07) is 10.6. The molecule has 0 aliphatic heterocycles. The third kappa shape index (κ3) is 2.33. The number of carbonyl (C=O) groups is 1. The second-order valence-electron chi connectivity index (χ2n) is 3.49. The lowest BCUT2D eigenvalue weighted by atomic mass is 10.3. The van der Waals surface area contributed by atoms with Crippen LogP contribution in [-0.2, 0) is 4.74 Å². The van der Waals surface area contributed by atoms with Gasteiger partial charge in [-0.3, -0.25) is 10.7 Å². The van der Waals surface area contributed by atoms with E-state index < -0.39 is 5.97 Å². The van der Waals surface area contributed by atoms with Crippen molar-refractivity contribution in [3.8, 4) is 5.69 Å². The molecule has 1 aromatic heterocycles. The zero-order valence-electron chi connectivity index (χ0n) is 9.83. The standard InChI is InChI=1S/C12H13N3O3/c1-2-18-12(16)10-8-11(14-17)13-15(10)9-6-4-3-5-7-9/h3-8,17H,2H2,1H3,(H,13,14). The number of nitrogens with zero attached hydrogens (tertiary/aromatic N) is 2. The van der Waals surface area contributed by atoms with Gasteiger partial charge in [-0.05, 0) is 19.1 Å². The van der Waals surface area contributed by atoms with E-state index in [1.807, 2.05) is 23.7 Å². The van der Waals surface area contributed by atoms with Crippen LogP contribution in [-0.4, -0.2) is 27.6 Å². The molecule has 94 valence electrons. The molecule has 2 rings (SSSR count). The number of benzene rings is 1. The Morgan fingerprint density at radius 3 is 2.78 bits per heavy atom. The first-order valence-electron chi connectivity index (χ1n) is 5.49. The van der Waals surface area contributed by atoms with E-state index in [1.165, 1.54) is 10.7 Å². The summed E-state index contributed by atoms with van der Waals surface area (Å²) in [7, 11) is 0. The van der Waals surface area contributed by atoms with E-state index in [4.69, 9.17) is 9.94 Å². The van der Waals surface area contributed by atoms with Gasteiger partial charge >= 0.3 is 5.97 Å². The van der Waals surface area contributed by atoms with Crippen molar-refractivity contribution in [1.29, 1.82) is 0 Å². The van der Waals surface area contributed by atoms with E-state index in [0.29, 0.717) is 5.69 Å². The lowest BCUT2D eigenvalue weighted by molar-refractivity contribution is 0.0516. The van der Waals surface area contributed by atoms with Gasteiger partial charge in [-0.1, -0.05) is 18.2 Å². The summed E-state index contributed by atoms with van der Waals surface area (Å²) in [6.07, 6.45) is 0. The molecule has 0 spiro atoms. The molecule has 0 radical (unpaired) electrons. The van der Waals surface area contributed by atoms with Crippen LogP contribution in [0.2, 0.25) is 0 Å². The summed E-state index contributed by atoms with van der Waals surface area (Å²) in [6.45, 7) is 2.01. The number of esters is 1. The van der Waals surface area contributed by atoms with Crippen LogP contribution in [0.5, 0.6) is 0 Å². The van der Waals surface area contributed by atoms with Crippen molar-refractivity contribution in [2.24, 2.45) is 0 Å². The van der Waals surface area contributed by atoms with E-state index in [-0.39, 0.29) is 18.1 Å². The Kier molecular flexibility index (Phi) is 3.59. The molecule has 0 unspecified atom stereocenters. The van der Waals surface area contributed by atoms with Gasteiger partial charge in [0.15, 0.2) is 11.5 Å². The monoisotopic (exact) mass is 247 g/mol. The van der Waals surface area contributed by atoms with Gasteiger partial charge in [-0.15, -0.1) is 5.10 Å². The minimum atomic E-state index is -0.490. The first-order chi connectivity index (χ1) is 8.76. The zero-order chi connectivity index (χ0) is 13.0. The molecule has 0 bridgehead atoms. The lowest BCUT2D eigenvalue weighted by Gasteiger charge is -2.05. The number of aromatic nitrogens is 2. The Morgan fingerprint density at radius 2 is 2.17 bits per heavy atom. The number of nitrogens with one attached hydrogen (secondary N) is 1. The van der Waals surface area contributed by atoms with Crippen molar-refractivity contribution in [1.82, 2.24) is 9.78 Å². The molecular weight excluding hydrogens is 234 g/mol. The van der Waals surface area contributed by atoms with E-state index >= 15 is 0 Å². The second-order valence-corrected chi connectivity index (χ2v) is 3.49. The summed E-state index contributed by atoms with van der Waals surface area (Å²) in [4.78, 5) is 11.8. The number of hydrogen-bond donors (Lipinski definition) is 2. The van der Waals surface area contributed by atoms with Crippen molar-refractivity contribution in [3.05, 3.63) is 42.1 Å². The number of ether oxygens (including phenoxy) is 1. The van der Waals surface area contributed by atoms with Crippen LogP contribution in [0.15, 0.2) is 36.4 Å². The first kappa shape index (κ1) is 12.1. The largest absolute Gasteiger partial charge is 0.461 e. The van der Waals surface area contributed by atoms with Crippen molar-refractivity contribution in [2.75, 3.05) is 12.1 Å². The van der Waals surface area contributed by atoms with Gasteiger partial charge in [-0.25, -0.2) is 9.48 Å². The number of hydrogen-bond acceptors (Lipinski definition) is 5. The van der Waals surface area contributed by atoms with Crippen molar-refractivity contribution < 1.29 is 14.7 Å². The average molecular weight is 247 g/mol. The summed E-state index contributed by atoms with van der Waals surface area (Å²) in [5, 5.41) is 12.9. The Balaban J connectivity index is 2.45. The van der Waals surface area contributed by atoms with Crippen LogP contribution in [0.3, 0.4) is 0 Å². The van der Waals surface area contributed by atoms with Crippen LogP contribution in [0.25, 0.3) is 5.69 Å². The highest BCUT2D eigenvalue weighted by Crippen LogP contribution is 2.16. The fourth-order valence-corrected chi connectivity index (χ4v) is 1.55. The maximum Gasteiger partial charge on any atom is 0.357 e. The van der Waals surface area contributed by atoms with Crippen LogP contribution < -0.4 is 5.48 Å². The van der Waals surface area contributed by atoms with Gasteiger partial charge in [0.1, 0.15) is 0 Å². The molecule has 1 aromatic carbocycles. The van der Waals surface area contributed by atoms with Crippen molar-refractivity contribution in [2.45, 2.75) is 6.92 Å². The highest BCUT2D eigenvalue weighted by molar-refractivity contribution is 5.89. The molecule has 0 aliphatic carbocycles. The molecule has 0 atom stereocenters. The first-order valence-corrected chi connectivity index (χ1v) is 5.49. The molecular formula is C12H13N3O3. The number of anilines is 1. The van der Waals surface area contributed by atoms with Gasteiger partial charge < -0.3 is 4.74 Å². The van der Waals surface area contributed by atoms with E-state index in [2.05, 4.69) is 5.10 Å². The Bertz CT molecular complexity index is 537. The van der Waals surface area contributed by atoms with E-state index in [0.717, 1.165) is 0 Å². The van der Waals surface area contributed by atoms with Crippen molar-refractivity contribution >= 4 is 11.8 Å². The van der Waals surface area contributed by atoms with Gasteiger partial charge in [0.25, 0.3) is 0 Å². The smallest absolute Gasteiger partial charge is 0.357 e. The van der Waals surface area contributed by atoms with Gasteiger partial charge in [0.05, 0.1) is 12.3 Å². The molecule has 18 heavy (non-hydrogen) atoms. The summed E-state index contributed by atoms with van der Waals surface area (Å²) >= 11 is 0. The van der Waals surface area contributed by atoms with Crippen LogP contribution >= 0.6 is 0 Å². The quantitative estimate of drug-likeness (QED) is 0.637. The Labute approximate surface area is 104 Å². The lowest BCUT2D eigenvalue weighted by Crippen LogP contribution is -2.11. The third-order valence-electron chi connectivity index (χ3n) is 2.31. The Morgan fingerprint density at radius 1 is 1.44 bits per heavy atom. The number of rotatable bonds is 4. The maximum atomic E-state index is 11.8. The minimum absolute atomic E-state index is 0.182. The fraction of sp³-hybridized carbons (Fsp3) is 0.167. The maximum absolute atomic E-state index is 11.8. The number of carbonyl (C=O) groups excluding carboxylic acids is 1. The molecule has 6 heteroatoms. The molecule has 0 aliphatic rings. The molecule has 0 saturated heterocycles. The predicted octanol–water partition coefficient (Wildman–Crippen LogP) is 1.85. The van der Waals surface area contributed by atoms with Gasteiger partial charge in [-0.2, -0.15) is 0 Å². The Hall–Kier alpha value is -2.34. The SMILES string of the molecule is CCOC(=O)c1cc(NO)nn1-c1ccccc1. The van der Waals surface area contributed by atoms with Crippen LogP contribution in [0, 0.1) is 0 Å².